The Morgan fingerprint density at radius 1 is 1.35 bits per heavy atom. The van der Waals surface area contributed by atoms with E-state index in [4.69, 9.17) is 0 Å². The first-order valence-corrected chi connectivity index (χ1v) is 6.40. The molecular weight excluding hydrogens is 212 g/mol. The molecular formula is C14H18N2O. The normalized spacial score (nSPS) is 27.8. The van der Waals surface area contributed by atoms with E-state index in [1.165, 1.54) is 11.3 Å². The van der Waals surface area contributed by atoms with Crippen LogP contribution in [0.1, 0.15) is 37.8 Å². The van der Waals surface area contributed by atoms with Gasteiger partial charge in [-0.25, -0.2) is 0 Å². The van der Waals surface area contributed by atoms with Crippen LogP contribution in [0.2, 0.25) is 0 Å². The van der Waals surface area contributed by atoms with Gasteiger partial charge >= 0.3 is 0 Å². The topological polar surface area (TPSA) is 32.3 Å². The standard InChI is InChI=1S/C14H18N2O/c1-10-9-13(16-8-4-7-14(16)17)11-5-2-3-6-12(11)15-10/h2-3,5-6,10,13,15H,4,7-9H2,1H3/t10-,13?/m1/s1. The summed E-state index contributed by atoms with van der Waals surface area (Å²) in [7, 11) is 0. The molecule has 0 aromatic heterocycles. The molecule has 2 heterocycles. The first-order chi connectivity index (χ1) is 8.25. The molecule has 1 saturated heterocycles. The summed E-state index contributed by atoms with van der Waals surface area (Å²) >= 11 is 0. The smallest absolute Gasteiger partial charge is 0.223 e. The van der Waals surface area contributed by atoms with Crippen molar-refractivity contribution in [3.63, 3.8) is 0 Å². The second-order valence-electron chi connectivity index (χ2n) is 5.07. The minimum Gasteiger partial charge on any atom is -0.382 e. The molecule has 1 fully saturated rings. The Hall–Kier alpha value is -1.51. The number of rotatable bonds is 1. The molecule has 0 bridgehead atoms. The fourth-order valence-corrected chi connectivity index (χ4v) is 3.00. The fraction of sp³-hybridized carbons (Fsp3) is 0.500. The third kappa shape index (κ3) is 1.79. The number of nitrogens with one attached hydrogen (secondary N) is 1. The number of benzene rings is 1. The highest BCUT2D eigenvalue weighted by atomic mass is 16.2. The highest BCUT2D eigenvalue weighted by molar-refractivity contribution is 5.79. The number of anilines is 1. The zero-order chi connectivity index (χ0) is 11.8. The van der Waals surface area contributed by atoms with Gasteiger partial charge in [-0.1, -0.05) is 18.2 Å². The average molecular weight is 230 g/mol. The molecule has 1 N–H and O–H groups in total. The van der Waals surface area contributed by atoms with Crippen LogP contribution in [-0.2, 0) is 4.79 Å². The predicted octanol–water partition coefficient (Wildman–Crippen LogP) is 2.55. The SMILES string of the molecule is C[C@@H]1CC(N2CCCC2=O)c2ccccc2N1. The van der Waals surface area contributed by atoms with Crippen molar-refractivity contribution in [3.8, 4) is 0 Å². The van der Waals surface area contributed by atoms with Gasteiger partial charge in [0.25, 0.3) is 0 Å². The van der Waals surface area contributed by atoms with E-state index in [9.17, 15) is 4.79 Å². The van der Waals surface area contributed by atoms with E-state index in [1.807, 2.05) is 6.07 Å². The van der Waals surface area contributed by atoms with Crippen molar-refractivity contribution >= 4 is 11.6 Å². The van der Waals surface area contributed by atoms with Crippen molar-refractivity contribution in [1.82, 2.24) is 4.90 Å². The van der Waals surface area contributed by atoms with Crippen LogP contribution < -0.4 is 5.32 Å². The Balaban J connectivity index is 1.97. The second-order valence-corrected chi connectivity index (χ2v) is 5.07. The molecule has 90 valence electrons. The minimum atomic E-state index is 0.275. The molecule has 3 heteroatoms. The van der Waals surface area contributed by atoms with Crippen molar-refractivity contribution in [2.24, 2.45) is 0 Å². The lowest BCUT2D eigenvalue weighted by atomic mass is 9.92. The van der Waals surface area contributed by atoms with E-state index in [1.54, 1.807) is 0 Å². The van der Waals surface area contributed by atoms with Gasteiger partial charge in [0.1, 0.15) is 0 Å². The zero-order valence-corrected chi connectivity index (χ0v) is 10.1. The van der Waals surface area contributed by atoms with E-state index in [-0.39, 0.29) is 6.04 Å². The van der Waals surface area contributed by atoms with Crippen LogP contribution >= 0.6 is 0 Å². The van der Waals surface area contributed by atoms with Crippen molar-refractivity contribution in [2.75, 3.05) is 11.9 Å². The van der Waals surface area contributed by atoms with Gasteiger partial charge < -0.3 is 10.2 Å². The maximum atomic E-state index is 11.9. The van der Waals surface area contributed by atoms with Crippen LogP contribution in [0.3, 0.4) is 0 Å². The molecule has 0 radical (unpaired) electrons. The van der Waals surface area contributed by atoms with Gasteiger partial charge in [0, 0.05) is 24.7 Å². The van der Waals surface area contributed by atoms with Crippen molar-refractivity contribution in [2.45, 2.75) is 38.3 Å². The first kappa shape index (κ1) is 10.6. The molecule has 1 aromatic rings. The number of likely N-dealkylation sites (tertiary alicyclic amines) is 1. The molecule has 3 rings (SSSR count). The molecule has 0 aliphatic carbocycles. The summed E-state index contributed by atoms with van der Waals surface area (Å²) in [4.78, 5) is 14.0. The summed E-state index contributed by atoms with van der Waals surface area (Å²) in [6.07, 6.45) is 2.75. The van der Waals surface area contributed by atoms with Gasteiger partial charge in [0.15, 0.2) is 0 Å². The summed E-state index contributed by atoms with van der Waals surface area (Å²) in [5.41, 5.74) is 2.47. The fourth-order valence-electron chi connectivity index (χ4n) is 3.00. The molecule has 2 aliphatic rings. The van der Waals surface area contributed by atoms with Crippen molar-refractivity contribution in [1.29, 1.82) is 0 Å². The molecule has 0 spiro atoms. The van der Waals surface area contributed by atoms with Gasteiger partial charge in [-0.3, -0.25) is 4.79 Å². The third-order valence-electron chi connectivity index (χ3n) is 3.78. The molecule has 1 unspecified atom stereocenters. The predicted molar refractivity (Wildman–Crippen MR) is 67.8 cm³/mol. The quantitative estimate of drug-likeness (QED) is 0.804. The van der Waals surface area contributed by atoms with Gasteiger partial charge in [0.05, 0.1) is 6.04 Å². The van der Waals surface area contributed by atoms with E-state index >= 15 is 0 Å². The van der Waals surface area contributed by atoms with E-state index in [2.05, 4.69) is 35.3 Å². The Kier molecular flexibility index (Phi) is 2.54. The van der Waals surface area contributed by atoms with Crippen molar-refractivity contribution < 1.29 is 4.79 Å². The number of carbonyl (C=O) groups is 1. The lowest BCUT2D eigenvalue weighted by Gasteiger charge is -2.36. The maximum absolute atomic E-state index is 11.9. The van der Waals surface area contributed by atoms with E-state index in [0.717, 1.165) is 25.8 Å². The number of amides is 1. The monoisotopic (exact) mass is 230 g/mol. The lowest BCUT2D eigenvalue weighted by Crippen LogP contribution is -2.37. The van der Waals surface area contributed by atoms with Gasteiger partial charge in [-0.2, -0.15) is 0 Å². The largest absolute Gasteiger partial charge is 0.382 e. The van der Waals surface area contributed by atoms with Gasteiger partial charge in [-0.05, 0) is 31.4 Å². The molecule has 3 nitrogen and oxygen atoms in total. The molecule has 0 saturated carbocycles. The molecule has 2 aliphatic heterocycles. The summed E-state index contributed by atoms with van der Waals surface area (Å²) in [5, 5.41) is 3.49. The zero-order valence-electron chi connectivity index (χ0n) is 10.1. The highest BCUT2D eigenvalue weighted by Crippen LogP contribution is 2.38. The number of fused-ring (bicyclic) bond motifs is 1. The Morgan fingerprint density at radius 3 is 2.94 bits per heavy atom. The average Bonchev–Trinajstić information content (AvgIpc) is 2.74. The lowest BCUT2D eigenvalue weighted by molar-refractivity contribution is -0.130. The van der Waals surface area contributed by atoms with Crippen LogP contribution in [0.5, 0.6) is 0 Å². The number of carbonyl (C=O) groups excluding carboxylic acids is 1. The summed E-state index contributed by atoms with van der Waals surface area (Å²) in [6.45, 7) is 3.11. The number of para-hydroxylation sites is 1. The van der Waals surface area contributed by atoms with Gasteiger partial charge in [0.2, 0.25) is 5.91 Å². The minimum absolute atomic E-state index is 0.275. The maximum Gasteiger partial charge on any atom is 0.223 e. The highest BCUT2D eigenvalue weighted by Gasteiger charge is 2.33. The summed E-state index contributed by atoms with van der Waals surface area (Å²) in [6, 6.07) is 9.07. The van der Waals surface area contributed by atoms with E-state index in [0.29, 0.717) is 11.9 Å². The van der Waals surface area contributed by atoms with Crippen LogP contribution in [0.15, 0.2) is 24.3 Å². The summed E-state index contributed by atoms with van der Waals surface area (Å²) in [5.74, 6) is 0.318. The number of hydrogen-bond donors (Lipinski definition) is 1. The van der Waals surface area contributed by atoms with Crippen LogP contribution in [-0.4, -0.2) is 23.4 Å². The van der Waals surface area contributed by atoms with Crippen LogP contribution in [0.4, 0.5) is 5.69 Å². The number of hydrogen-bond acceptors (Lipinski definition) is 2. The third-order valence-corrected chi connectivity index (χ3v) is 3.78. The van der Waals surface area contributed by atoms with Crippen molar-refractivity contribution in [3.05, 3.63) is 29.8 Å². The molecule has 17 heavy (non-hydrogen) atoms. The van der Waals surface area contributed by atoms with E-state index < -0.39 is 0 Å². The van der Waals surface area contributed by atoms with Crippen LogP contribution in [0, 0.1) is 0 Å². The first-order valence-electron chi connectivity index (χ1n) is 6.40. The molecule has 1 aromatic carbocycles. The Bertz CT molecular complexity index is 444. The molecule has 2 atom stereocenters. The Morgan fingerprint density at radius 2 is 2.18 bits per heavy atom. The van der Waals surface area contributed by atoms with Gasteiger partial charge in [-0.15, -0.1) is 0 Å². The Labute approximate surface area is 102 Å². The molecule has 1 amide bonds. The second kappa shape index (κ2) is 4.06. The summed E-state index contributed by atoms with van der Waals surface area (Å²) < 4.78 is 0. The van der Waals surface area contributed by atoms with Crippen LogP contribution in [0.25, 0.3) is 0 Å². The number of nitrogens with zero attached hydrogens (tertiary/aromatic N) is 1.